The van der Waals surface area contributed by atoms with Gasteiger partial charge in [0.05, 0.1) is 0 Å². The minimum Gasteiger partial charge on any atom is -0.316 e. The summed E-state index contributed by atoms with van der Waals surface area (Å²) in [6.07, 6.45) is 9.46. The molecule has 0 aromatic rings. The average molecular weight is 219 g/mol. The summed E-state index contributed by atoms with van der Waals surface area (Å²) in [4.78, 5) is 0. The van der Waals surface area contributed by atoms with Crippen molar-refractivity contribution in [3.05, 3.63) is 0 Å². The second-order valence-corrected chi connectivity index (χ2v) is 7.27. The minimum absolute atomic E-state index is 0.776. The number of hydrogen-bond donors (Lipinski definition) is 1. The lowest BCUT2D eigenvalue weighted by molar-refractivity contribution is -0.148. The summed E-state index contributed by atoms with van der Waals surface area (Å²) in [6.45, 7) is 5.13. The molecule has 0 amide bonds. The van der Waals surface area contributed by atoms with Gasteiger partial charge in [0.15, 0.2) is 0 Å². The van der Waals surface area contributed by atoms with E-state index in [9.17, 15) is 0 Å². The Bertz CT molecular complexity index is 268. The van der Waals surface area contributed by atoms with Crippen molar-refractivity contribution in [1.82, 2.24) is 5.32 Å². The highest BCUT2D eigenvalue weighted by atomic mass is 14.9. The highest BCUT2D eigenvalue weighted by molar-refractivity contribution is 5.09. The third-order valence-corrected chi connectivity index (χ3v) is 6.76. The molecule has 90 valence electrons. The Labute approximate surface area is 99.4 Å². The van der Waals surface area contributed by atoms with Gasteiger partial charge in [0.25, 0.3) is 0 Å². The van der Waals surface area contributed by atoms with Crippen LogP contribution < -0.4 is 5.32 Å². The van der Waals surface area contributed by atoms with Crippen LogP contribution in [-0.4, -0.2) is 13.1 Å². The van der Waals surface area contributed by atoms with Gasteiger partial charge in [0.1, 0.15) is 0 Å². The first-order chi connectivity index (χ1) is 7.79. The summed E-state index contributed by atoms with van der Waals surface area (Å²) in [7, 11) is 0. The smallest absolute Gasteiger partial charge is 0.00176 e. The Kier molecular flexibility index (Phi) is 2.02. The van der Waals surface area contributed by atoms with Crippen molar-refractivity contribution in [3.63, 3.8) is 0 Å². The summed E-state index contributed by atoms with van der Waals surface area (Å²) in [5.41, 5.74) is 0.776. The molecule has 4 bridgehead atoms. The molecule has 0 radical (unpaired) electrons. The zero-order valence-electron chi connectivity index (χ0n) is 10.5. The maximum absolute atomic E-state index is 3.62. The molecule has 1 N–H and O–H groups in total. The van der Waals surface area contributed by atoms with E-state index in [0.717, 1.165) is 35.0 Å². The summed E-state index contributed by atoms with van der Waals surface area (Å²) in [6, 6.07) is 0. The maximum Gasteiger partial charge on any atom is -0.00176 e. The van der Waals surface area contributed by atoms with Gasteiger partial charge in [-0.2, -0.15) is 0 Å². The van der Waals surface area contributed by atoms with E-state index in [2.05, 4.69) is 12.2 Å². The van der Waals surface area contributed by atoms with Crippen LogP contribution in [0.4, 0.5) is 0 Å². The van der Waals surface area contributed by atoms with Crippen LogP contribution in [0.3, 0.4) is 0 Å². The molecular weight excluding hydrogens is 194 g/mol. The Morgan fingerprint density at radius 3 is 2.12 bits per heavy atom. The minimum atomic E-state index is 0.776. The predicted molar refractivity (Wildman–Crippen MR) is 66.1 cm³/mol. The topological polar surface area (TPSA) is 12.0 Å². The molecule has 1 heteroatoms. The van der Waals surface area contributed by atoms with E-state index in [-0.39, 0.29) is 0 Å². The van der Waals surface area contributed by atoms with Gasteiger partial charge in [-0.3, -0.25) is 0 Å². The van der Waals surface area contributed by atoms with Crippen molar-refractivity contribution in [2.75, 3.05) is 13.1 Å². The lowest BCUT2D eigenvalue weighted by Gasteiger charge is -2.65. The summed E-state index contributed by atoms with van der Waals surface area (Å²) in [5, 5.41) is 3.62. The largest absolute Gasteiger partial charge is 0.316 e. The Hall–Kier alpha value is -0.0400. The van der Waals surface area contributed by atoms with Crippen LogP contribution in [0, 0.1) is 35.0 Å². The molecule has 16 heavy (non-hydrogen) atoms. The fourth-order valence-electron chi connectivity index (χ4n) is 6.33. The number of piperidine rings is 1. The molecule has 0 aromatic carbocycles. The molecule has 1 saturated heterocycles. The zero-order valence-corrected chi connectivity index (χ0v) is 10.5. The molecule has 1 spiro atoms. The van der Waals surface area contributed by atoms with Gasteiger partial charge >= 0.3 is 0 Å². The summed E-state index contributed by atoms with van der Waals surface area (Å²) in [5.74, 6) is 5.43. The second-order valence-electron chi connectivity index (χ2n) is 7.27. The first kappa shape index (κ1) is 9.94. The standard InChI is InChI=1S/C15H25N/c1-10-9-16-3-2-15(10)13-5-11-4-12(7-13)8-14(15)6-11/h10-14,16H,2-9H2,1H3. The van der Waals surface area contributed by atoms with Crippen molar-refractivity contribution in [2.24, 2.45) is 35.0 Å². The van der Waals surface area contributed by atoms with Crippen LogP contribution in [-0.2, 0) is 0 Å². The highest BCUT2D eigenvalue weighted by Crippen LogP contribution is 2.66. The molecule has 1 aliphatic heterocycles. The van der Waals surface area contributed by atoms with Crippen molar-refractivity contribution >= 4 is 0 Å². The van der Waals surface area contributed by atoms with E-state index in [1.54, 1.807) is 32.1 Å². The quantitative estimate of drug-likeness (QED) is 0.660. The lowest BCUT2D eigenvalue weighted by atomic mass is 9.41. The van der Waals surface area contributed by atoms with E-state index >= 15 is 0 Å². The number of nitrogens with one attached hydrogen (secondary N) is 1. The fraction of sp³-hybridized carbons (Fsp3) is 1.00. The van der Waals surface area contributed by atoms with Crippen molar-refractivity contribution in [2.45, 2.75) is 45.4 Å². The van der Waals surface area contributed by atoms with Crippen LogP contribution in [0.25, 0.3) is 0 Å². The predicted octanol–water partition coefficient (Wildman–Crippen LogP) is 3.06. The molecule has 1 nitrogen and oxygen atoms in total. The molecule has 1 atom stereocenters. The molecule has 5 rings (SSSR count). The molecule has 4 saturated carbocycles. The van der Waals surface area contributed by atoms with Gasteiger partial charge in [-0.1, -0.05) is 6.92 Å². The molecule has 5 aliphatic rings. The van der Waals surface area contributed by atoms with Gasteiger partial charge < -0.3 is 5.32 Å². The van der Waals surface area contributed by atoms with Crippen LogP contribution in [0.1, 0.15) is 45.4 Å². The van der Waals surface area contributed by atoms with E-state index in [0.29, 0.717) is 0 Å². The van der Waals surface area contributed by atoms with E-state index in [1.165, 1.54) is 19.5 Å². The molecule has 0 aromatic heterocycles. The van der Waals surface area contributed by atoms with Crippen molar-refractivity contribution in [1.29, 1.82) is 0 Å². The lowest BCUT2D eigenvalue weighted by Crippen LogP contribution is -2.60. The summed E-state index contributed by atoms with van der Waals surface area (Å²) < 4.78 is 0. The van der Waals surface area contributed by atoms with Crippen LogP contribution in [0.2, 0.25) is 0 Å². The van der Waals surface area contributed by atoms with E-state index in [1.807, 2.05) is 0 Å². The van der Waals surface area contributed by atoms with Crippen LogP contribution >= 0.6 is 0 Å². The fourth-order valence-corrected chi connectivity index (χ4v) is 6.33. The Morgan fingerprint density at radius 2 is 1.56 bits per heavy atom. The van der Waals surface area contributed by atoms with Gasteiger partial charge in [0.2, 0.25) is 0 Å². The number of hydrogen-bond acceptors (Lipinski definition) is 1. The van der Waals surface area contributed by atoms with Crippen molar-refractivity contribution < 1.29 is 0 Å². The summed E-state index contributed by atoms with van der Waals surface area (Å²) >= 11 is 0. The van der Waals surface area contributed by atoms with Gasteiger partial charge in [-0.25, -0.2) is 0 Å². The van der Waals surface area contributed by atoms with E-state index < -0.39 is 0 Å². The second kappa shape index (κ2) is 3.25. The maximum atomic E-state index is 3.62. The Morgan fingerprint density at radius 1 is 0.938 bits per heavy atom. The third kappa shape index (κ3) is 1.11. The van der Waals surface area contributed by atoms with Gasteiger partial charge in [-0.05, 0) is 86.6 Å². The van der Waals surface area contributed by atoms with Crippen LogP contribution in [0.15, 0.2) is 0 Å². The van der Waals surface area contributed by atoms with Gasteiger partial charge in [-0.15, -0.1) is 0 Å². The molecule has 5 fully saturated rings. The normalized spacial score (nSPS) is 59.4. The monoisotopic (exact) mass is 219 g/mol. The first-order valence-corrected chi connectivity index (χ1v) is 7.49. The van der Waals surface area contributed by atoms with Crippen LogP contribution in [0.5, 0.6) is 0 Å². The highest BCUT2D eigenvalue weighted by Gasteiger charge is 2.59. The zero-order chi connectivity index (χ0) is 10.8. The first-order valence-electron chi connectivity index (χ1n) is 7.49. The average Bonchev–Trinajstić information content (AvgIpc) is 2.27. The molecular formula is C15H25N. The SMILES string of the molecule is CC1CNCCC12C1CC3CC(C1)CC2C3. The third-order valence-electron chi connectivity index (χ3n) is 6.76. The molecule has 4 aliphatic carbocycles. The van der Waals surface area contributed by atoms with Gasteiger partial charge in [0, 0.05) is 0 Å². The molecule has 1 heterocycles. The van der Waals surface area contributed by atoms with E-state index in [4.69, 9.17) is 0 Å². The number of rotatable bonds is 0. The molecule has 1 unspecified atom stereocenters. The van der Waals surface area contributed by atoms with Crippen molar-refractivity contribution in [3.8, 4) is 0 Å². The Balaban J connectivity index is 1.72.